The van der Waals surface area contributed by atoms with Crippen LogP contribution < -0.4 is 5.32 Å². The van der Waals surface area contributed by atoms with Gasteiger partial charge in [-0.05, 0) is 0 Å². The van der Waals surface area contributed by atoms with Gasteiger partial charge in [-0.25, -0.2) is 0 Å². The first-order valence-electron chi connectivity index (χ1n) is 11.6. The van der Waals surface area contributed by atoms with Crippen molar-refractivity contribution in [1.82, 2.24) is 5.32 Å². The van der Waals surface area contributed by atoms with Crippen molar-refractivity contribution in [2.75, 3.05) is 19.8 Å². The molecule has 0 aromatic carbocycles. The second-order valence-corrected chi connectivity index (χ2v) is 9.07. The second-order valence-electron chi connectivity index (χ2n) is 9.07. The molecular weight excluding hydrogens is 510 g/mol. The van der Waals surface area contributed by atoms with E-state index in [2.05, 4.69) is 5.32 Å². The first-order valence-corrected chi connectivity index (χ1v) is 11.6. The zero-order chi connectivity index (χ0) is 27.6. The molecule has 3 aliphatic heterocycles. The summed E-state index contributed by atoms with van der Waals surface area (Å²) in [7, 11) is 0. The first kappa shape index (κ1) is 30.4. The Labute approximate surface area is 210 Å². The molecule has 0 aliphatic carbocycles. The van der Waals surface area contributed by atoms with Gasteiger partial charge in [0.05, 0.1) is 19.8 Å². The highest BCUT2D eigenvalue weighted by atomic mass is 16.8. The number of ether oxygens (including phenoxy) is 5. The van der Waals surface area contributed by atoms with Crippen molar-refractivity contribution < 1.29 is 79.5 Å². The maximum absolute atomic E-state index is 11.7. The van der Waals surface area contributed by atoms with Crippen LogP contribution in [-0.2, 0) is 28.5 Å². The summed E-state index contributed by atoms with van der Waals surface area (Å²) in [4.78, 5) is 11.7. The van der Waals surface area contributed by atoms with E-state index in [1.54, 1.807) is 0 Å². The van der Waals surface area contributed by atoms with E-state index in [0.29, 0.717) is 0 Å². The zero-order valence-electron chi connectivity index (χ0n) is 19.7. The quantitative estimate of drug-likeness (QED) is 0.135. The van der Waals surface area contributed by atoms with Gasteiger partial charge in [0, 0.05) is 6.92 Å². The monoisotopic (exact) mass is 545 g/mol. The van der Waals surface area contributed by atoms with Gasteiger partial charge in [-0.3, -0.25) is 4.79 Å². The maximum Gasteiger partial charge on any atom is 0.217 e. The summed E-state index contributed by atoms with van der Waals surface area (Å²) in [6, 6.07) is -1.42. The van der Waals surface area contributed by atoms with E-state index < -0.39 is 118 Å². The Morgan fingerprint density at radius 2 is 1.16 bits per heavy atom. The molecule has 0 aromatic rings. The molecular formula is C20H35NO16. The van der Waals surface area contributed by atoms with Crippen LogP contribution in [0.5, 0.6) is 0 Å². The minimum Gasteiger partial charge on any atom is -0.394 e. The lowest BCUT2D eigenvalue weighted by Gasteiger charge is -2.49. The van der Waals surface area contributed by atoms with E-state index in [-0.39, 0.29) is 0 Å². The Morgan fingerprint density at radius 1 is 0.649 bits per heavy atom. The third-order valence-corrected chi connectivity index (χ3v) is 6.49. The lowest BCUT2D eigenvalue weighted by molar-refractivity contribution is -0.377. The van der Waals surface area contributed by atoms with Gasteiger partial charge in [0.15, 0.2) is 18.9 Å². The van der Waals surface area contributed by atoms with Crippen LogP contribution in [0.1, 0.15) is 6.92 Å². The highest BCUT2D eigenvalue weighted by Crippen LogP contribution is 2.32. The van der Waals surface area contributed by atoms with Crippen LogP contribution in [-0.4, -0.2) is 169 Å². The molecule has 3 fully saturated rings. The average Bonchev–Trinajstić information content (AvgIpc) is 2.87. The fourth-order valence-electron chi connectivity index (χ4n) is 4.45. The highest BCUT2D eigenvalue weighted by molar-refractivity contribution is 5.73. The molecule has 0 saturated carbocycles. The standard InChI is InChI=1S/C20H35NO16/c1-5(25)21-9-12(28)10(26)6(2-22)34-19(9)36-16-8(4-24)33-18(32)15(31)17(16)37-20-14(30)13(29)11(27)7(3-23)35-20/h6-20,22-24,26-32H,2-4H2,1H3,(H,21,25)/t6-,7-,8-,9-,10-,11-,12-,13+,14+,15+,16-,17-,18?,19+,20-/m1/s1. The Balaban J connectivity index is 1.90. The Bertz CT molecular complexity index is 745. The smallest absolute Gasteiger partial charge is 0.217 e. The van der Waals surface area contributed by atoms with Gasteiger partial charge in [-0.1, -0.05) is 0 Å². The van der Waals surface area contributed by atoms with Crippen LogP contribution in [0.3, 0.4) is 0 Å². The van der Waals surface area contributed by atoms with Crippen LogP contribution in [0.4, 0.5) is 0 Å². The van der Waals surface area contributed by atoms with E-state index in [0.717, 1.165) is 6.92 Å². The number of hydrogen-bond acceptors (Lipinski definition) is 16. The minimum atomic E-state index is -1.94. The first-order chi connectivity index (χ1) is 17.4. The highest BCUT2D eigenvalue weighted by Gasteiger charge is 2.54. The van der Waals surface area contributed by atoms with Crippen LogP contribution in [0, 0.1) is 0 Å². The largest absolute Gasteiger partial charge is 0.394 e. The summed E-state index contributed by atoms with van der Waals surface area (Å²) in [5.41, 5.74) is 0. The number of carbonyl (C=O) groups is 1. The number of rotatable bonds is 8. The molecule has 0 bridgehead atoms. The summed E-state index contributed by atoms with van der Waals surface area (Å²) in [5.74, 6) is -0.654. The van der Waals surface area contributed by atoms with E-state index >= 15 is 0 Å². The summed E-state index contributed by atoms with van der Waals surface area (Å²) in [6.45, 7) is -1.25. The Morgan fingerprint density at radius 3 is 1.70 bits per heavy atom. The van der Waals surface area contributed by atoms with Crippen LogP contribution in [0.15, 0.2) is 0 Å². The molecule has 3 aliphatic rings. The maximum atomic E-state index is 11.7. The molecule has 3 rings (SSSR count). The molecule has 1 amide bonds. The number of carbonyl (C=O) groups excluding carboxylic acids is 1. The van der Waals surface area contributed by atoms with Gasteiger partial charge in [0.2, 0.25) is 5.91 Å². The van der Waals surface area contributed by atoms with Gasteiger partial charge < -0.3 is 80.1 Å². The van der Waals surface area contributed by atoms with Crippen LogP contribution in [0.2, 0.25) is 0 Å². The summed E-state index contributed by atoms with van der Waals surface area (Å²) >= 11 is 0. The molecule has 37 heavy (non-hydrogen) atoms. The minimum absolute atomic E-state index is 0.654. The van der Waals surface area contributed by atoms with Crippen molar-refractivity contribution >= 4 is 5.91 Å². The van der Waals surface area contributed by atoms with Gasteiger partial charge >= 0.3 is 0 Å². The van der Waals surface area contributed by atoms with Gasteiger partial charge in [-0.2, -0.15) is 0 Å². The molecule has 11 N–H and O–H groups in total. The van der Waals surface area contributed by atoms with E-state index in [1.165, 1.54) is 0 Å². The molecule has 216 valence electrons. The van der Waals surface area contributed by atoms with Crippen molar-refractivity contribution in [3.8, 4) is 0 Å². The average molecular weight is 545 g/mol. The Hall–Kier alpha value is -1.13. The summed E-state index contributed by atoms with van der Waals surface area (Å²) in [6.07, 6.45) is -23.5. The van der Waals surface area contributed by atoms with E-state index in [1.807, 2.05) is 0 Å². The van der Waals surface area contributed by atoms with E-state index in [4.69, 9.17) is 23.7 Å². The fourth-order valence-corrected chi connectivity index (χ4v) is 4.45. The normalized spacial score (nSPS) is 49.0. The van der Waals surface area contributed by atoms with Crippen LogP contribution in [0.25, 0.3) is 0 Å². The second kappa shape index (κ2) is 12.8. The van der Waals surface area contributed by atoms with Gasteiger partial charge in [0.25, 0.3) is 0 Å². The topological polar surface area (TPSA) is 278 Å². The van der Waals surface area contributed by atoms with Gasteiger partial charge in [0.1, 0.15) is 73.2 Å². The molecule has 15 atom stereocenters. The molecule has 0 aromatic heterocycles. The molecule has 17 heteroatoms. The molecule has 3 heterocycles. The van der Waals surface area contributed by atoms with Crippen LogP contribution >= 0.6 is 0 Å². The van der Waals surface area contributed by atoms with Crippen molar-refractivity contribution in [2.24, 2.45) is 0 Å². The Kier molecular flexibility index (Phi) is 10.5. The zero-order valence-corrected chi connectivity index (χ0v) is 19.7. The molecule has 0 radical (unpaired) electrons. The third-order valence-electron chi connectivity index (χ3n) is 6.49. The SMILES string of the molecule is CC(=O)N[C@H]1[C@H](O[C@H]2[C@H](O[C@H]3O[C@H](CO)[C@@H](O)[C@H](O)[C@@H]3O)[C@H](O)C(O)O[C@@H]2CO)O[C@H](CO)[C@@H](O)[C@@H]1O. The molecule has 3 saturated heterocycles. The predicted molar refractivity (Wildman–Crippen MR) is 113 cm³/mol. The molecule has 17 nitrogen and oxygen atoms in total. The number of nitrogens with one attached hydrogen (secondary N) is 1. The molecule has 0 spiro atoms. The number of hydrogen-bond donors (Lipinski definition) is 11. The number of aliphatic hydroxyl groups excluding tert-OH is 10. The number of aliphatic hydroxyl groups is 10. The van der Waals surface area contributed by atoms with E-state index in [9.17, 15) is 55.9 Å². The van der Waals surface area contributed by atoms with Crippen molar-refractivity contribution in [1.29, 1.82) is 0 Å². The fraction of sp³-hybridized carbons (Fsp3) is 0.950. The summed E-state index contributed by atoms with van der Waals surface area (Å²) in [5, 5.41) is 103. The predicted octanol–water partition coefficient (Wildman–Crippen LogP) is -7.43. The van der Waals surface area contributed by atoms with Crippen molar-refractivity contribution in [3.63, 3.8) is 0 Å². The van der Waals surface area contributed by atoms with Crippen molar-refractivity contribution in [2.45, 2.75) is 99.0 Å². The lowest BCUT2D eigenvalue weighted by Crippen LogP contribution is -2.68. The number of amides is 1. The van der Waals surface area contributed by atoms with Gasteiger partial charge in [-0.15, -0.1) is 0 Å². The van der Waals surface area contributed by atoms with Crippen molar-refractivity contribution in [3.05, 3.63) is 0 Å². The third kappa shape index (κ3) is 6.38. The molecule has 1 unspecified atom stereocenters. The summed E-state index contributed by atoms with van der Waals surface area (Å²) < 4.78 is 27.3. The lowest BCUT2D eigenvalue weighted by atomic mass is 9.95.